The van der Waals surface area contributed by atoms with Gasteiger partial charge >= 0.3 is 0 Å². The Morgan fingerprint density at radius 2 is 2.17 bits per heavy atom. The second kappa shape index (κ2) is 4.54. The molecule has 0 aliphatic carbocycles. The van der Waals surface area contributed by atoms with E-state index in [0.29, 0.717) is 0 Å². The number of hydrogen-bond donors (Lipinski definition) is 0. The Balaban J connectivity index is 2.89. The number of aliphatic imine (C=N–C) groups is 1. The molecule has 0 heterocycles. The van der Waals surface area contributed by atoms with E-state index in [4.69, 9.17) is 4.74 Å². The minimum absolute atomic E-state index is 0.821. The third kappa shape index (κ3) is 2.09. The molecule has 2 heteroatoms. The van der Waals surface area contributed by atoms with E-state index in [1.807, 2.05) is 30.5 Å². The van der Waals surface area contributed by atoms with Crippen molar-refractivity contribution in [2.24, 2.45) is 4.99 Å². The summed E-state index contributed by atoms with van der Waals surface area (Å²) in [6.45, 7) is 2.05. The topological polar surface area (TPSA) is 21.6 Å². The van der Waals surface area contributed by atoms with Crippen LogP contribution in [-0.4, -0.2) is 13.3 Å². The monoisotopic (exact) mass is 163 g/mol. The molecule has 0 saturated heterocycles. The molecule has 0 bridgehead atoms. The summed E-state index contributed by atoms with van der Waals surface area (Å²) in [5.74, 6) is 0.821. The summed E-state index contributed by atoms with van der Waals surface area (Å²) in [6, 6.07) is 7.72. The zero-order valence-electron chi connectivity index (χ0n) is 7.45. The molecular weight excluding hydrogens is 150 g/mol. The van der Waals surface area contributed by atoms with Crippen molar-refractivity contribution in [1.29, 1.82) is 0 Å². The van der Waals surface area contributed by atoms with Gasteiger partial charge in [-0.3, -0.25) is 4.99 Å². The lowest BCUT2D eigenvalue weighted by Gasteiger charge is -2.01. The molecular formula is C10H13NO. The fourth-order valence-corrected chi connectivity index (χ4v) is 0.926. The SMILES string of the molecule is CCC=Nc1ccccc1OC. The van der Waals surface area contributed by atoms with Crippen molar-refractivity contribution in [2.75, 3.05) is 7.11 Å². The smallest absolute Gasteiger partial charge is 0.144 e. The van der Waals surface area contributed by atoms with E-state index in [-0.39, 0.29) is 0 Å². The van der Waals surface area contributed by atoms with Gasteiger partial charge in [-0.1, -0.05) is 19.1 Å². The van der Waals surface area contributed by atoms with Gasteiger partial charge in [-0.05, 0) is 18.6 Å². The average molecular weight is 163 g/mol. The maximum atomic E-state index is 5.13. The fraction of sp³-hybridized carbons (Fsp3) is 0.300. The van der Waals surface area contributed by atoms with Crippen molar-refractivity contribution < 1.29 is 4.74 Å². The van der Waals surface area contributed by atoms with Gasteiger partial charge in [0.25, 0.3) is 0 Å². The molecule has 0 aliphatic rings. The number of benzene rings is 1. The Kier molecular flexibility index (Phi) is 3.33. The van der Waals surface area contributed by atoms with Crippen LogP contribution in [-0.2, 0) is 0 Å². The van der Waals surface area contributed by atoms with Crippen LogP contribution in [0.5, 0.6) is 5.75 Å². The van der Waals surface area contributed by atoms with Crippen LogP contribution in [0.3, 0.4) is 0 Å². The second-order valence-electron chi connectivity index (χ2n) is 2.39. The van der Waals surface area contributed by atoms with Gasteiger partial charge in [0.2, 0.25) is 0 Å². The van der Waals surface area contributed by atoms with Crippen LogP contribution in [0.2, 0.25) is 0 Å². The van der Waals surface area contributed by atoms with Gasteiger partial charge < -0.3 is 4.74 Å². The molecule has 2 nitrogen and oxygen atoms in total. The summed E-state index contributed by atoms with van der Waals surface area (Å²) in [4.78, 5) is 4.25. The first-order chi connectivity index (χ1) is 5.88. The van der Waals surface area contributed by atoms with Crippen LogP contribution in [0.1, 0.15) is 13.3 Å². The molecule has 0 spiro atoms. The molecule has 0 N–H and O–H groups in total. The van der Waals surface area contributed by atoms with Gasteiger partial charge in [-0.2, -0.15) is 0 Å². The van der Waals surface area contributed by atoms with Crippen molar-refractivity contribution in [3.05, 3.63) is 24.3 Å². The Bertz CT molecular complexity index is 268. The second-order valence-corrected chi connectivity index (χ2v) is 2.39. The highest BCUT2D eigenvalue weighted by molar-refractivity contribution is 5.65. The molecule has 0 amide bonds. The van der Waals surface area contributed by atoms with Gasteiger partial charge in [0.05, 0.1) is 7.11 Å². The molecule has 0 unspecified atom stereocenters. The zero-order valence-corrected chi connectivity index (χ0v) is 7.45. The van der Waals surface area contributed by atoms with E-state index in [1.54, 1.807) is 7.11 Å². The number of rotatable bonds is 3. The maximum absolute atomic E-state index is 5.13. The first kappa shape index (κ1) is 8.78. The number of ether oxygens (including phenoxy) is 1. The lowest BCUT2D eigenvalue weighted by Crippen LogP contribution is -1.82. The molecule has 12 heavy (non-hydrogen) atoms. The molecule has 0 radical (unpaired) electrons. The van der Waals surface area contributed by atoms with E-state index >= 15 is 0 Å². The minimum atomic E-state index is 0.821. The summed E-state index contributed by atoms with van der Waals surface area (Å²) in [5, 5.41) is 0. The molecule has 0 saturated carbocycles. The fourth-order valence-electron chi connectivity index (χ4n) is 0.926. The number of para-hydroxylation sites is 2. The lowest BCUT2D eigenvalue weighted by atomic mass is 10.3. The highest BCUT2D eigenvalue weighted by Crippen LogP contribution is 2.25. The molecule has 1 aromatic carbocycles. The van der Waals surface area contributed by atoms with Gasteiger partial charge in [-0.25, -0.2) is 0 Å². The Hall–Kier alpha value is -1.31. The van der Waals surface area contributed by atoms with Crippen molar-refractivity contribution >= 4 is 11.9 Å². The Labute approximate surface area is 72.9 Å². The first-order valence-electron chi connectivity index (χ1n) is 4.04. The van der Waals surface area contributed by atoms with Gasteiger partial charge in [0.15, 0.2) is 0 Å². The van der Waals surface area contributed by atoms with E-state index < -0.39 is 0 Å². The zero-order chi connectivity index (χ0) is 8.81. The Morgan fingerprint density at radius 1 is 1.42 bits per heavy atom. The summed E-state index contributed by atoms with van der Waals surface area (Å²) in [6.07, 6.45) is 2.82. The van der Waals surface area contributed by atoms with Crippen LogP contribution in [0.4, 0.5) is 5.69 Å². The van der Waals surface area contributed by atoms with Crippen LogP contribution < -0.4 is 4.74 Å². The van der Waals surface area contributed by atoms with E-state index in [1.165, 1.54) is 0 Å². The van der Waals surface area contributed by atoms with Crippen LogP contribution in [0.25, 0.3) is 0 Å². The average Bonchev–Trinajstić information content (AvgIpc) is 2.15. The Morgan fingerprint density at radius 3 is 2.83 bits per heavy atom. The third-order valence-corrected chi connectivity index (χ3v) is 1.50. The van der Waals surface area contributed by atoms with E-state index in [0.717, 1.165) is 17.9 Å². The maximum Gasteiger partial charge on any atom is 0.144 e. The quantitative estimate of drug-likeness (QED) is 0.628. The van der Waals surface area contributed by atoms with Crippen molar-refractivity contribution in [3.8, 4) is 5.75 Å². The number of methoxy groups -OCH3 is 1. The molecule has 1 rings (SSSR count). The highest BCUT2D eigenvalue weighted by atomic mass is 16.5. The lowest BCUT2D eigenvalue weighted by molar-refractivity contribution is 0.416. The summed E-state index contributed by atoms with van der Waals surface area (Å²) in [7, 11) is 1.65. The third-order valence-electron chi connectivity index (χ3n) is 1.50. The van der Waals surface area contributed by atoms with Crippen molar-refractivity contribution in [1.82, 2.24) is 0 Å². The van der Waals surface area contributed by atoms with Gasteiger partial charge in [-0.15, -0.1) is 0 Å². The number of nitrogens with zero attached hydrogens (tertiary/aromatic N) is 1. The minimum Gasteiger partial charge on any atom is -0.494 e. The van der Waals surface area contributed by atoms with Gasteiger partial charge in [0.1, 0.15) is 11.4 Å². The van der Waals surface area contributed by atoms with Crippen LogP contribution in [0, 0.1) is 0 Å². The van der Waals surface area contributed by atoms with Crippen molar-refractivity contribution in [3.63, 3.8) is 0 Å². The standard InChI is InChI=1S/C10H13NO/c1-3-8-11-9-6-4-5-7-10(9)12-2/h4-8H,3H2,1-2H3. The van der Waals surface area contributed by atoms with Crippen LogP contribution >= 0.6 is 0 Å². The van der Waals surface area contributed by atoms with Crippen LogP contribution in [0.15, 0.2) is 29.3 Å². The van der Waals surface area contributed by atoms with Crippen molar-refractivity contribution in [2.45, 2.75) is 13.3 Å². The predicted octanol–water partition coefficient (Wildman–Crippen LogP) is 2.81. The highest BCUT2D eigenvalue weighted by Gasteiger charge is 1.96. The molecule has 0 aromatic heterocycles. The summed E-state index contributed by atoms with van der Waals surface area (Å²) in [5.41, 5.74) is 0.891. The van der Waals surface area contributed by atoms with E-state index in [2.05, 4.69) is 11.9 Å². The normalized spacial score (nSPS) is 10.5. The molecule has 0 atom stereocenters. The molecule has 0 aliphatic heterocycles. The summed E-state index contributed by atoms with van der Waals surface area (Å²) >= 11 is 0. The summed E-state index contributed by atoms with van der Waals surface area (Å²) < 4.78 is 5.13. The molecule has 1 aromatic rings. The predicted molar refractivity (Wildman–Crippen MR) is 51.4 cm³/mol. The van der Waals surface area contributed by atoms with Gasteiger partial charge in [0, 0.05) is 6.21 Å². The molecule has 0 fully saturated rings. The first-order valence-corrected chi connectivity index (χ1v) is 4.04. The molecule has 64 valence electrons. The van der Waals surface area contributed by atoms with E-state index in [9.17, 15) is 0 Å². The number of hydrogen-bond acceptors (Lipinski definition) is 2. The largest absolute Gasteiger partial charge is 0.494 e.